The van der Waals surface area contributed by atoms with E-state index < -0.39 is 0 Å². The zero-order valence-corrected chi connectivity index (χ0v) is 11.1. The smallest absolute Gasteiger partial charge is 0.172 e. The Morgan fingerprint density at radius 2 is 2.05 bits per heavy atom. The molecule has 0 aliphatic carbocycles. The lowest BCUT2D eigenvalue weighted by atomic mass is 9.92. The average Bonchev–Trinajstić information content (AvgIpc) is 2.88. The molecule has 2 heterocycles. The van der Waals surface area contributed by atoms with E-state index in [9.17, 15) is 5.11 Å². The maximum Gasteiger partial charge on any atom is 0.172 e. The quantitative estimate of drug-likeness (QED) is 0.677. The highest BCUT2D eigenvalue weighted by molar-refractivity contribution is 5.87. The number of fused-ring (bicyclic) bond motifs is 1. The Labute approximate surface area is 112 Å². The number of aromatic amines is 1. The number of benzene rings is 1. The molecule has 1 atom stereocenters. The first-order valence-electron chi connectivity index (χ1n) is 6.41. The van der Waals surface area contributed by atoms with E-state index in [4.69, 9.17) is 0 Å². The molecule has 0 aliphatic heterocycles. The minimum Gasteiger partial charge on any atom is -0.507 e. The van der Waals surface area contributed by atoms with Crippen molar-refractivity contribution in [2.24, 2.45) is 7.05 Å². The van der Waals surface area contributed by atoms with Gasteiger partial charge in [-0.1, -0.05) is 13.0 Å². The maximum absolute atomic E-state index is 10.4. The first kappa shape index (κ1) is 11.8. The van der Waals surface area contributed by atoms with Crippen LogP contribution in [-0.2, 0) is 7.05 Å². The fourth-order valence-electron chi connectivity index (χ4n) is 2.53. The number of phenols is 1. The molecule has 3 aromatic rings. The molecule has 3 rings (SSSR count). The number of aryl methyl sites for hydroxylation is 1. The third kappa shape index (κ3) is 1.97. The SMILES string of the molecule is CC(c1ccc[n+](C)c1)c1ccc2[nH]ccc2c1O. The van der Waals surface area contributed by atoms with Crippen molar-refractivity contribution in [2.75, 3.05) is 0 Å². The Kier molecular flexibility index (Phi) is 2.75. The molecule has 1 unspecified atom stereocenters. The van der Waals surface area contributed by atoms with Crippen molar-refractivity contribution >= 4 is 10.9 Å². The summed E-state index contributed by atoms with van der Waals surface area (Å²) in [6.45, 7) is 2.11. The Balaban J connectivity index is 2.11. The first-order valence-corrected chi connectivity index (χ1v) is 6.41. The summed E-state index contributed by atoms with van der Waals surface area (Å²) in [6.07, 6.45) is 5.94. The molecular formula is C16H17N2O+. The summed E-state index contributed by atoms with van der Waals surface area (Å²) in [5.74, 6) is 0.532. The van der Waals surface area contributed by atoms with E-state index in [1.54, 1.807) is 0 Å². The second kappa shape index (κ2) is 4.43. The van der Waals surface area contributed by atoms with Crippen LogP contribution in [0.4, 0.5) is 0 Å². The topological polar surface area (TPSA) is 39.9 Å². The van der Waals surface area contributed by atoms with Gasteiger partial charge in [0.25, 0.3) is 0 Å². The Bertz CT molecular complexity index is 730. The van der Waals surface area contributed by atoms with Crippen LogP contribution in [0.2, 0.25) is 0 Å². The van der Waals surface area contributed by atoms with E-state index in [0.717, 1.165) is 16.5 Å². The number of H-pyrrole nitrogens is 1. The van der Waals surface area contributed by atoms with Crippen molar-refractivity contribution in [3.63, 3.8) is 0 Å². The molecule has 0 saturated carbocycles. The maximum atomic E-state index is 10.4. The fraction of sp³-hybridized carbons (Fsp3) is 0.188. The van der Waals surface area contributed by atoms with E-state index in [1.165, 1.54) is 5.56 Å². The zero-order valence-electron chi connectivity index (χ0n) is 11.1. The number of aromatic hydroxyl groups is 1. The van der Waals surface area contributed by atoms with Gasteiger partial charge in [0.15, 0.2) is 12.4 Å². The van der Waals surface area contributed by atoms with Gasteiger partial charge in [-0.05, 0) is 18.2 Å². The molecule has 96 valence electrons. The number of aromatic nitrogens is 2. The van der Waals surface area contributed by atoms with Gasteiger partial charge in [0.05, 0.1) is 0 Å². The zero-order chi connectivity index (χ0) is 13.4. The third-order valence-corrected chi connectivity index (χ3v) is 3.67. The van der Waals surface area contributed by atoms with Crippen molar-refractivity contribution in [3.8, 4) is 5.75 Å². The van der Waals surface area contributed by atoms with Gasteiger partial charge < -0.3 is 10.1 Å². The number of phenolic OH excluding ortho intramolecular Hbond substituents is 1. The highest BCUT2D eigenvalue weighted by atomic mass is 16.3. The predicted octanol–water partition coefficient (Wildman–Crippen LogP) is 2.85. The number of pyridine rings is 1. The lowest BCUT2D eigenvalue weighted by Gasteiger charge is -2.13. The van der Waals surface area contributed by atoms with Crippen LogP contribution in [-0.4, -0.2) is 10.1 Å². The highest BCUT2D eigenvalue weighted by Crippen LogP contribution is 2.35. The van der Waals surface area contributed by atoms with Crippen molar-refractivity contribution in [1.29, 1.82) is 0 Å². The molecule has 0 amide bonds. The van der Waals surface area contributed by atoms with Crippen molar-refractivity contribution in [3.05, 3.63) is 60.0 Å². The van der Waals surface area contributed by atoms with Crippen LogP contribution in [0, 0.1) is 0 Å². The highest BCUT2D eigenvalue weighted by Gasteiger charge is 2.16. The minimum atomic E-state index is 0.159. The van der Waals surface area contributed by atoms with Crippen LogP contribution in [0.1, 0.15) is 24.0 Å². The normalized spacial score (nSPS) is 12.7. The molecule has 3 nitrogen and oxygen atoms in total. The van der Waals surface area contributed by atoms with Crippen LogP contribution in [0.5, 0.6) is 5.75 Å². The Hall–Kier alpha value is -2.29. The number of hydrogen-bond acceptors (Lipinski definition) is 1. The molecule has 1 aromatic carbocycles. The first-order chi connectivity index (χ1) is 9.16. The standard InChI is InChI=1S/C16H16N2O/c1-11(12-4-3-9-18(2)10-12)13-5-6-15-14(16(13)19)7-8-17-15/h3-11,17H,1-2H3/p+1. The number of nitrogens with one attached hydrogen (secondary N) is 1. The molecule has 2 N–H and O–H groups in total. The van der Waals surface area contributed by atoms with E-state index >= 15 is 0 Å². The van der Waals surface area contributed by atoms with Crippen LogP contribution < -0.4 is 4.57 Å². The van der Waals surface area contributed by atoms with Gasteiger partial charge in [-0.3, -0.25) is 0 Å². The lowest BCUT2D eigenvalue weighted by Crippen LogP contribution is -2.27. The molecule has 0 aliphatic rings. The summed E-state index contributed by atoms with van der Waals surface area (Å²) < 4.78 is 2.03. The molecule has 2 aromatic heterocycles. The summed E-state index contributed by atoms with van der Waals surface area (Å²) >= 11 is 0. The molecule has 0 radical (unpaired) electrons. The number of nitrogens with zero attached hydrogens (tertiary/aromatic N) is 1. The lowest BCUT2D eigenvalue weighted by molar-refractivity contribution is -0.672. The van der Waals surface area contributed by atoms with E-state index in [2.05, 4.69) is 24.2 Å². The average molecular weight is 253 g/mol. The summed E-state index contributed by atoms with van der Waals surface area (Å²) in [5.41, 5.74) is 3.11. The van der Waals surface area contributed by atoms with Crippen molar-refractivity contribution in [1.82, 2.24) is 4.98 Å². The van der Waals surface area contributed by atoms with Crippen molar-refractivity contribution < 1.29 is 9.67 Å². The van der Waals surface area contributed by atoms with Gasteiger partial charge in [0, 0.05) is 40.2 Å². The number of rotatable bonds is 2. The van der Waals surface area contributed by atoms with Gasteiger partial charge in [-0.15, -0.1) is 0 Å². The monoisotopic (exact) mass is 253 g/mol. The molecule has 0 bridgehead atoms. The fourth-order valence-corrected chi connectivity index (χ4v) is 2.53. The van der Waals surface area contributed by atoms with Gasteiger partial charge in [-0.2, -0.15) is 0 Å². The summed E-state index contributed by atoms with van der Waals surface area (Å²) in [4.78, 5) is 3.11. The summed E-state index contributed by atoms with van der Waals surface area (Å²) in [6, 6.07) is 10.0. The Morgan fingerprint density at radius 1 is 1.21 bits per heavy atom. The van der Waals surface area contributed by atoms with E-state index in [1.807, 2.05) is 48.3 Å². The van der Waals surface area contributed by atoms with Crippen LogP contribution in [0.25, 0.3) is 10.9 Å². The number of hydrogen-bond donors (Lipinski definition) is 2. The largest absolute Gasteiger partial charge is 0.507 e. The van der Waals surface area contributed by atoms with Crippen molar-refractivity contribution in [2.45, 2.75) is 12.8 Å². The third-order valence-electron chi connectivity index (χ3n) is 3.67. The summed E-state index contributed by atoms with van der Waals surface area (Å²) in [7, 11) is 2.01. The minimum absolute atomic E-state index is 0.159. The van der Waals surface area contributed by atoms with E-state index in [0.29, 0.717) is 5.75 Å². The molecule has 0 saturated heterocycles. The second-order valence-electron chi connectivity index (χ2n) is 4.97. The molecule has 3 heteroatoms. The van der Waals surface area contributed by atoms with Gasteiger partial charge in [-0.25, -0.2) is 4.57 Å². The molecule has 0 fully saturated rings. The molecular weight excluding hydrogens is 236 g/mol. The second-order valence-corrected chi connectivity index (χ2v) is 4.97. The Morgan fingerprint density at radius 3 is 2.84 bits per heavy atom. The van der Waals surface area contributed by atoms with Crippen LogP contribution >= 0.6 is 0 Å². The van der Waals surface area contributed by atoms with E-state index in [-0.39, 0.29) is 5.92 Å². The van der Waals surface area contributed by atoms with Gasteiger partial charge in [0.2, 0.25) is 0 Å². The van der Waals surface area contributed by atoms with Crippen LogP contribution in [0.3, 0.4) is 0 Å². The molecule has 0 spiro atoms. The summed E-state index contributed by atoms with van der Waals surface area (Å²) in [5, 5.41) is 11.3. The van der Waals surface area contributed by atoms with Gasteiger partial charge >= 0.3 is 0 Å². The van der Waals surface area contributed by atoms with Crippen LogP contribution in [0.15, 0.2) is 48.9 Å². The molecule has 19 heavy (non-hydrogen) atoms. The van der Waals surface area contributed by atoms with Gasteiger partial charge in [0.1, 0.15) is 12.8 Å². The predicted molar refractivity (Wildman–Crippen MR) is 75.1 cm³/mol.